The van der Waals surface area contributed by atoms with Crippen molar-refractivity contribution in [3.05, 3.63) is 119 Å². The number of phenols is 1. The zero-order valence-corrected chi connectivity index (χ0v) is 27.3. The van der Waals surface area contributed by atoms with Crippen LogP contribution in [0.5, 0.6) is 23.0 Å². The number of aromatic hydroxyl groups is 1. The number of anilines is 2. The van der Waals surface area contributed by atoms with Gasteiger partial charge in [-0.25, -0.2) is 27.5 Å². The SMILES string of the molecule is Cc1cc(Oc2ccccc2F)ccc1-n1ncc(C(=O)c2cc3cc(OCC(F)F)c(N4C(=O)N[C@@H](Cc5ccc(O)cc5)C4=O)cc3[nH]2)c1N. The van der Waals surface area contributed by atoms with E-state index in [2.05, 4.69) is 15.4 Å². The third kappa shape index (κ3) is 6.46. The van der Waals surface area contributed by atoms with Crippen LogP contribution in [0.2, 0.25) is 0 Å². The molecule has 3 heterocycles. The highest BCUT2D eigenvalue weighted by atomic mass is 19.3. The molecule has 0 radical (unpaired) electrons. The fraction of sp³-hybridized carbons (Fsp3) is 0.135. The predicted molar refractivity (Wildman–Crippen MR) is 184 cm³/mol. The molecule has 2 aromatic heterocycles. The number of ketones is 1. The number of rotatable bonds is 11. The van der Waals surface area contributed by atoms with Gasteiger partial charge in [0.1, 0.15) is 35.7 Å². The van der Waals surface area contributed by atoms with Crippen LogP contribution in [0.3, 0.4) is 0 Å². The van der Waals surface area contributed by atoms with Crippen LogP contribution in [0.1, 0.15) is 27.2 Å². The van der Waals surface area contributed by atoms with Gasteiger partial charge in [0.05, 0.1) is 28.8 Å². The molecule has 1 fully saturated rings. The number of nitrogen functional groups attached to an aromatic ring is 1. The monoisotopic (exact) mass is 710 g/mol. The number of fused-ring (bicyclic) bond motifs is 1. The van der Waals surface area contributed by atoms with Crippen molar-refractivity contribution in [2.24, 2.45) is 0 Å². The first-order valence-corrected chi connectivity index (χ1v) is 15.9. The number of nitrogens with zero attached hydrogens (tertiary/aromatic N) is 3. The molecular formula is C37H29F3N6O6. The van der Waals surface area contributed by atoms with Crippen LogP contribution in [-0.4, -0.2) is 56.7 Å². The topological polar surface area (TPSA) is 165 Å². The lowest BCUT2D eigenvalue weighted by Crippen LogP contribution is -2.32. The van der Waals surface area contributed by atoms with E-state index in [0.717, 1.165) is 4.90 Å². The van der Waals surface area contributed by atoms with Crippen LogP contribution in [0.15, 0.2) is 91.1 Å². The number of benzene rings is 4. The number of H-pyrrole nitrogens is 1. The van der Waals surface area contributed by atoms with Gasteiger partial charge in [0.15, 0.2) is 11.6 Å². The molecule has 0 spiro atoms. The average molecular weight is 711 g/mol. The zero-order chi connectivity index (χ0) is 36.7. The molecule has 0 aliphatic carbocycles. The molecule has 3 amide bonds. The quantitative estimate of drug-likeness (QED) is 0.0884. The number of nitrogens with two attached hydrogens (primary N) is 1. The number of carbonyl (C=O) groups excluding carboxylic acids is 3. The first kappa shape index (κ1) is 33.7. The summed E-state index contributed by atoms with van der Waals surface area (Å²) in [6.45, 7) is 0.761. The maximum Gasteiger partial charge on any atom is 0.329 e. The molecule has 15 heteroatoms. The van der Waals surface area contributed by atoms with Crippen LogP contribution < -0.4 is 25.4 Å². The van der Waals surface area contributed by atoms with Crippen molar-refractivity contribution in [1.82, 2.24) is 20.1 Å². The van der Waals surface area contributed by atoms with Gasteiger partial charge in [0.2, 0.25) is 5.78 Å². The number of nitrogens with one attached hydrogen (secondary N) is 2. The molecule has 1 aliphatic heterocycles. The van der Waals surface area contributed by atoms with E-state index in [4.69, 9.17) is 15.2 Å². The summed E-state index contributed by atoms with van der Waals surface area (Å²) in [6.07, 6.45) is -1.44. The van der Waals surface area contributed by atoms with Crippen LogP contribution >= 0.6 is 0 Å². The molecule has 0 bridgehead atoms. The second-order valence-electron chi connectivity index (χ2n) is 12.0. The number of aryl methyl sites for hydroxylation is 1. The summed E-state index contributed by atoms with van der Waals surface area (Å²) >= 11 is 0. The lowest BCUT2D eigenvalue weighted by atomic mass is 10.1. The molecule has 7 rings (SSSR count). The Hall–Kier alpha value is -6.77. The molecule has 1 saturated heterocycles. The molecule has 0 unspecified atom stereocenters. The van der Waals surface area contributed by atoms with Crippen LogP contribution in [0, 0.1) is 12.7 Å². The highest BCUT2D eigenvalue weighted by Crippen LogP contribution is 2.37. The maximum atomic E-state index is 14.1. The zero-order valence-electron chi connectivity index (χ0n) is 27.3. The lowest BCUT2D eigenvalue weighted by molar-refractivity contribution is -0.118. The summed E-state index contributed by atoms with van der Waals surface area (Å²) in [5.74, 6) is -1.38. The van der Waals surface area contributed by atoms with Crippen molar-refractivity contribution in [3.63, 3.8) is 0 Å². The first-order chi connectivity index (χ1) is 25.0. The molecule has 5 N–H and O–H groups in total. The van der Waals surface area contributed by atoms with E-state index in [1.54, 1.807) is 49.4 Å². The van der Waals surface area contributed by atoms with E-state index in [1.165, 1.54) is 53.3 Å². The van der Waals surface area contributed by atoms with Crippen molar-refractivity contribution >= 4 is 40.1 Å². The molecule has 52 heavy (non-hydrogen) atoms. The number of hydrogen-bond donors (Lipinski definition) is 4. The minimum absolute atomic E-state index is 0.0233. The second kappa shape index (κ2) is 13.5. The first-order valence-electron chi connectivity index (χ1n) is 15.9. The van der Waals surface area contributed by atoms with E-state index in [9.17, 15) is 32.7 Å². The lowest BCUT2D eigenvalue weighted by Gasteiger charge is -2.18. The number of phenolic OH excluding ortho intramolecular Hbond substituents is 1. The summed E-state index contributed by atoms with van der Waals surface area (Å²) in [7, 11) is 0. The summed E-state index contributed by atoms with van der Waals surface area (Å²) in [4.78, 5) is 44.1. The molecule has 264 valence electrons. The maximum absolute atomic E-state index is 14.1. The van der Waals surface area contributed by atoms with Gasteiger partial charge in [0.25, 0.3) is 12.3 Å². The molecule has 4 aromatic carbocycles. The Bertz CT molecular complexity index is 2360. The number of imide groups is 1. The van der Waals surface area contributed by atoms with Gasteiger partial charge in [-0.05, 0) is 78.7 Å². The largest absolute Gasteiger partial charge is 0.508 e. The number of para-hydroxylation sites is 1. The highest BCUT2D eigenvalue weighted by Gasteiger charge is 2.40. The fourth-order valence-electron chi connectivity index (χ4n) is 5.93. The molecule has 0 saturated carbocycles. The van der Waals surface area contributed by atoms with Gasteiger partial charge in [-0.3, -0.25) is 9.59 Å². The van der Waals surface area contributed by atoms with Gasteiger partial charge in [0, 0.05) is 17.3 Å². The average Bonchev–Trinajstić information content (AvgIpc) is 3.79. The molecule has 1 atom stereocenters. The summed E-state index contributed by atoms with van der Waals surface area (Å²) in [5, 5.41) is 16.9. The second-order valence-corrected chi connectivity index (χ2v) is 12.0. The van der Waals surface area contributed by atoms with Crippen LogP contribution in [0.25, 0.3) is 16.6 Å². The summed E-state index contributed by atoms with van der Waals surface area (Å²) < 4.78 is 53.0. The number of aromatic nitrogens is 3. The summed E-state index contributed by atoms with van der Waals surface area (Å²) in [5.41, 5.74) is 8.61. The van der Waals surface area contributed by atoms with E-state index in [-0.39, 0.29) is 46.4 Å². The smallest absolute Gasteiger partial charge is 0.329 e. The van der Waals surface area contributed by atoms with Gasteiger partial charge in [-0.15, -0.1) is 0 Å². The number of ether oxygens (including phenoxy) is 2. The van der Waals surface area contributed by atoms with Crippen molar-refractivity contribution in [1.29, 1.82) is 0 Å². The minimum Gasteiger partial charge on any atom is -0.508 e. The van der Waals surface area contributed by atoms with Crippen molar-refractivity contribution in [2.45, 2.75) is 25.8 Å². The fourth-order valence-corrected chi connectivity index (χ4v) is 5.93. The Labute approximate surface area is 293 Å². The third-order valence-corrected chi connectivity index (χ3v) is 8.46. The number of halogens is 3. The highest BCUT2D eigenvalue weighted by molar-refractivity contribution is 6.23. The Kier molecular flexibility index (Phi) is 8.76. The number of urea groups is 1. The van der Waals surface area contributed by atoms with E-state index in [1.807, 2.05) is 0 Å². The van der Waals surface area contributed by atoms with E-state index in [0.29, 0.717) is 33.5 Å². The van der Waals surface area contributed by atoms with E-state index >= 15 is 0 Å². The molecule has 1 aliphatic rings. The van der Waals surface area contributed by atoms with Gasteiger partial charge < -0.3 is 30.6 Å². The minimum atomic E-state index is -2.85. The number of aromatic amines is 1. The predicted octanol–water partition coefficient (Wildman–Crippen LogP) is 6.42. The number of alkyl halides is 2. The molecular weight excluding hydrogens is 681 g/mol. The standard InChI is InChI=1S/C37H29F3N6O6/c1-19-12-23(52-31-5-3-2-4-25(31)38)10-11-29(19)46-35(41)24(17-42-46)34(48)27-14-21-15-32(51-18-33(39)40)30(16-26(21)43-27)45-36(49)28(44-37(45)50)13-20-6-8-22(47)9-7-20/h2-12,14-17,28,33,43,47H,13,18,41H2,1H3,(H,44,50)/t28-/m0/s1. The summed E-state index contributed by atoms with van der Waals surface area (Å²) in [6, 6.07) is 19.5. The molecule has 6 aromatic rings. The third-order valence-electron chi connectivity index (χ3n) is 8.46. The molecule has 12 nitrogen and oxygen atoms in total. The Morgan fingerprint density at radius 2 is 1.77 bits per heavy atom. The van der Waals surface area contributed by atoms with E-state index < -0.39 is 42.6 Å². The van der Waals surface area contributed by atoms with Crippen molar-refractivity contribution in [3.8, 4) is 28.7 Å². The number of amides is 3. The van der Waals surface area contributed by atoms with Gasteiger partial charge in [-0.1, -0.05) is 24.3 Å². The Balaban J connectivity index is 1.17. The van der Waals surface area contributed by atoms with Crippen molar-refractivity contribution < 1.29 is 42.1 Å². The Morgan fingerprint density at radius 3 is 2.50 bits per heavy atom. The van der Waals surface area contributed by atoms with Crippen molar-refractivity contribution in [2.75, 3.05) is 17.2 Å². The van der Waals surface area contributed by atoms with Crippen LogP contribution in [0.4, 0.5) is 29.5 Å². The normalized spacial score (nSPS) is 14.3. The van der Waals surface area contributed by atoms with Crippen LogP contribution in [-0.2, 0) is 11.2 Å². The Morgan fingerprint density at radius 1 is 1.00 bits per heavy atom. The van der Waals surface area contributed by atoms with Gasteiger partial charge >= 0.3 is 6.03 Å². The number of hydrogen-bond acceptors (Lipinski definition) is 8. The number of carbonyl (C=O) groups is 3. The van der Waals surface area contributed by atoms with Gasteiger partial charge in [-0.2, -0.15) is 5.10 Å².